The topological polar surface area (TPSA) is 61.9 Å². The van der Waals surface area contributed by atoms with E-state index in [1.807, 2.05) is 11.0 Å². The van der Waals surface area contributed by atoms with E-state index in [2.05, 4.69) is 34.5 Å². The van der Waals surface area contributed by atoms with Gasteiger partial charge in [0.05, 0.1) is 6.61 Å². The molecule has 2 unspecified atom stereocenters. The summed E-state index contributed by atoms with van der Waals surface area (Å²) in [5, 5.41) is 2.68. The van der Waals surface area contributed by atoms with Gasteiger partial charge in [0.25, 0.3) is 0 Å². The van der Waals surface area contributed by atoms with E-state index >= 15 is 0 Å². The van der Waals surface area contributed by atoms with Crippen molar-refractivity contribution in [2.24, 2.45) is 11.8 Å². The minimum absolute atomic E-state index is 0.0569. The van der Waals surface area contributed by atoms with Crippen LogP contribution in [0.3, 0.4) is 0 Å². The summed E-state index contributed by atoms with van der Waals surface area (Å²) < 4.78 is 4.85. The summed E-state index contributed by atoms with van der Waals surface area (Å²) in [6.45, 7) is 6.57. The van der Waals surface area contributed by atoms with Crippen molar-refractivity contribution in [3.63, 3.8) is 0 Å². The van der Waals surface area contributed by atoms with Crippen LogP contribution in [0, 0.1) is 11.8 Å². The van der Waals surface area contributed by atoms with Crippen molar-refractivity contribution in [1.82, 2.24) is 15.1 Å². The Bertz CT molecular complexity index is 579. The molecule has 2 fully saturated rings. The average molecular weight is 345 g/mol. The zero-order valence-corrected chi connectivity index (χ0v) is 14.8. The first-order valence-electron chi connectivity index (χ1n) is 9.08. The number of amides is 2. The molecule has 0 aromatic heterocycles. The quantitative estimate of drug-likeness (QED) is 0.826. The molecule has 2 aliphatic rings. The molecule has 1 N–H and O–H groups in total. The molecule has 3 rings (SSSR count). The van der Waals surface area contributed by atoms with Crippen LogP contribution in [-0.4, -0.2) is 61.1 Å². The number of carbonyl (C=O) groups is 2. The highest BCUT2D eigenvalue weighted by molar-refractivity contribution is 5.80. The first-order valence-corrected chi connectivity index (χ1v) is 9.08. The average Bonchev–Trinajstić information content (AvgIpc) is 2.60. The first kappa shape index (κ1) is 17.7. The molecule has 2 atom stereocenters. The van der Waals surface area contributed by atoms with Crippen LogP contribution in [0.25, 0.3) is 0 Å². The Morgan fingerprint density at radius 1 is 1.12 bits per heavy atom. The lowest BCUT2D eigenvalue weighted by atomic mass is 9.84. The lowest BCUT2D eigenvalue weighted by Gasteiger charge is -2.45. The molecule has 1 aromatic rings. The first-order chi connectivity index (χ1) is 12.1. The highest BCUT2D eigenvalue weighted by atomic mass is 16.5. The van der Waals surface area contributed by atoms with Crippen molar-refractivity contribution in [3.05, 3.63) is 35.9 Å². The van der Waals surface area contributed by atoms with Crippen molar-refractivity contribution < 1.29 is 14.3 Å². The van der Waals surface area contributed by atoms with E-state index in [4.69, 9.17) is 4.74 Å². The monoisotopic (exact) mass is 345 g/mol. The summed E-state index contributed by atoms with van der Waals surface area (Å²) in [5.74, 6) is 0.621. The number of fused-ring (bicyclic) bond motifs is 2. The Morgan fingerprint density at radius 2 is 1.80 bits per heavy atom. The summed E-state index contributed by atoms with van der Waals surface area (Å²) in [5.41, 5.74) is 1.34. The number of urea groups is 1. The van der Waals surface area contributed by atoms with Crippen LogP contribution in [0.1, 0.15) is 18.9 Å². The maximum atomic E-state index is 12.3. The number of esters is 1. The van der Waals surface area contributed by atoms with Crippen LogP contribution in [0.5, 0.6) is 0 Å². The van der Waals surface area contributed by atoms with Gasteiger partial charge >= 0.3 is 12.0 Å². The smallest absolute Gasteiger partial charge is 0.325 e. The normalized spacial score (nSPS) is 23.2. The third-order valence-electron chi connectivity index (χ3n) is 4.88. The van der Waals surface area contributed by atoms with Gasteiger partial charge in [0.2, 0.25) is 0 Å². The van der Waals surface area contributed by atoms with Crippen LogP contribution in [0.4, 0.5) is 4.79 Å². The van der Waals surface area contributed by atoms with Gasteiger partial charge in [-0.1, -0.05) is 30.3 Å². The molecule has 25 heavy (non-hydrogen) atoms. The van der Waals surface area contributed by atoms with Crippen molar-refractivity contribution in [1.29, 1.82) is 0 Å². The number of piperidine rings is 2. The van der Waals surface area contributed by atoms with E-state index in [0.29, 0.717) is 18.4 Å². The third kappa shape index (κ3) is 4.95. The second-order valence-corrected chi connectivity index (χ2v) is 7.02. The summed E-state index contributed by atoms with van der Waals surface area (Å²) in [6, 6.07) is 10.4. The number of carbonyl (C=O) groups excluding carboxylic acids is 2. The second-order valence-electron chi connectivity index (χ2n) is 7.02. The van der Waals surface area contributed by atoms with Crippen molar-refractivity contribution >= 4 is 12.0 Å². The van der Waals surface area contributed by atoms with Crippen molar-refractivity contribution in [2.45, 2.75) is 19.9 Å². The molecule has 0 spiro atoms. The van der Waals surface area contributed by atoms with Crippen LogP contribution in [-0.2, 0) is 16.1 Å². The number of benzene rings is 1. The summed E-state index contributed by atoms with van der Waals surface area (Å²) in [6.07, 6.45) is 1.19. The van der Waals surface area contributed by atoms with E-state index in [1.165, 1.54) is 12.0 Å². The molecule has 1 aromatic carbocycles. The zero-order valence-electron chi connectivity index (χ0n) is 14.8. The highest BCUT2D eigenvalue weighted by Gasteiger charge is 2.35. The summed E-state index contributed by atoms with van der Waals surface area (Å²) in [4.78, 5) is 28.0. The molecular weight excluding hydrogens is 318 g/mol. The molecule has 2 saturated heterocycles. The van der Waals surface area contributed by atoms with Gasteiger partial charge in [-0.2, -0.15) is 0 Å². The molecule has 136 valence electrons. The highest BCUT2D eigenvalue weighted by Crippen LogP contribution is 2.29. The largest absolute Gasteiger partial charge is 0.465 e. The van der Waals surface area contributed by atoms with E-state index < -0.39 is 0 Å². The number of likely N-dealkylation sites (tertiary alicyclic amines) is 2. The fraction of sp³-hybridized carbons (Fsp3) is 0.579. The molecule has 0 radical (unpaired) electrons. The number of nitrogens with one attached hydrogen (secondary N) is 1. The van der Waals surface area contributed by atoms with Gasteiger partial charge < -0.3 is 15.0 Å². The van der Waals surface area contributed by atoms with Crippen LogP contribution in [0.15, 0.2) is 30.3 Å². The third-order valence-corrected chi connectivity index (χ3v) is 4.88. The Labute approximate surface area is 149 Å². The van der Waals surface area contributed by atoms with Crippen LogP contribution in [0.2, 0.25) is 0 Å². The molecule has 2 bridgehead atoms. The lowest BCUT2D eigenvalue weighted by molar-refractivity contribution is -0.141. The predicted molar refractivity (Wildman–Crippen MR) is 94.9 cm³/mol. The fourth-order valence-corrected chi connectivity index (χ4v) is 4.00. The van der Waals surface area contributed by atoms with Gasteiger partial charge in [-0.05, 0) is 30.7 Å². The fourth-order valence-electron chi connectivity index (χ4n) is 4.00. The van der Waals surface area contributed by atoms with Gasteiger partial charge in [0.15, 0.2) is 0 Å². The summed E-state index contributed by atoms with van der Waals surface area (Å²) >= 11 is 0. The van der Waals surface area contributed by atoms with E-state index in [9.17, 15) is 9.59 Å². The second kappa shape index (κ2) is 8.34. The predicted octanol–water partition coefficient (Wildman–Crippen LogP) is 1.71. The van der Waals surface area contributed by atoms with Gasteiger partial charge in [-0.25, -0.2) is 4.79 Å². The molecule has 0 aliphatic carbocycles. The minimum atomic E-state index is -0.387. The number of rotatable bonds is 5. The number of ether oxygens (including phenoxy) is 1. The Morgan fingerprint density at radius 3 is 2.44 bits per heavy atom. The van der Waals surface area contributed by atoms with Gasteiger partial charge in [-0.15, -0.1) is 0 Å². The SMILES string of the molecule is CCOC(=O)CNC(=O)N1CC2CC(CN(Cc3ccccc3)C2)C1. The summed E-state index contributed by atoms with van der Waals surface area (Å²) in [7, 11) is 0. The number of nitrogens with zero attached hydrogens (tertiary/aromatic N) is 2. The maximum Gasteiger partial charge on any atom is 0.325 e. The van der Waals surface area contributed by atoms with E-state index in [0.717, 1.165) is 32.7 Å². The standard InChI is InChI=1S/C19H27N3O3/c1-2-25-18(23)9-20-19(24)22-13-16-8-17(14-22)12-21(11-16)10-15-6-4-3-5-7-15/h3-7,16-17H,2,8-14H2,1H3,(H,20,24). The zero-order chi connectivity index (χ0) is 17.6. The van der Waals surface area contributed by atoms with Gasteiger partial charge in [0.1, 0.15) is 6.54 Å². The molecule has 2 amide bonds. The Kier molecular flexibility index (Phi) is 5.91. The van der Waals surface area contributed by atoms with Crippen molar-refractivity contribution in [3.8, 4) is 0 Å². The van der Waals surface area contributed by atoms with Crippen LogP contribution < -0.4 is 5.32 Å². The molecule has 2 heterocycles. The number of hydrogen-bond donors (Lipinski definition) is 1. The maximum absolute atomic E-state index is 12.3. The number of hydrogen-bond acceptors (Lipinski definition) is 4. The molecule has 6 heteroatoms. The molecular formula is C19H27N3O3. The van der Waals surface area contributed by atoms with Gasteiger partial charge in [0, 0.05) is 32.7 Å². The molecule has 2 aliphatic heterocycles. The van der Waals surface area contributed by atoms with Crippen LogP contribution >= 0.6 is 0 Å². The van der Waals surface area contributed by atoms with Gasteiger partial charge in [-0.3, -0.25) is 9.69 Å². The minimum Gasteiger partial charge on any atom is -0.465 e. The Balaban J connectivity index is 1.48. The Hall–Kier alpha value is -2.08. The lowest BCUT2D eigenvalue weighted by Crippen LogP contribution is -2.56. The molecule has 6 nitrogen and oxygen atoms in total. The molecule has 0 saturated carbocycles. The van der Waals surface area contributed by atoms with E-state index in [-0.39, 0.29) is 18.5 Å². The van der Waals surface area contributed by atoms with Crippen molar-refractivity contribution in [2.75, 3.05) is 39.3 Å². The van der Waals surface area contributed by atoms with E-state index in [1.54, 1.807) is 6.92 Å².